The molecule has 0 radical (unpaired) electrons. The Balaban J connectivity index is 1.94. The first-order chi connectivity index (χ1) is 9.69. The Kier molecular flexibility index (Phi) is 3.19. The number of rotatable bonds is 3. The standard InChI is InChI=1S/C13H13N5OS/c1-3-18-11(7-8(2)15-18)13(19)14-9-5-4-6-10-12(9)17-20-16-10/h4-7H,3H2,1-2H3,(H,14,19). The minimum Gasteiger partial charge on any atom is -0.319 e. The molecule has 1 amide bonds. The van der Waals surface area contributed by atoms with E-state index in [0.717, 1.165) is 22.9 Å². The van der Waals surface area contributed by atoms with Crippen molar-refractivity contribution in [3.8, 4) is 0 Å². The van der Waals surface area contributed by atoms with Crippen LogP contribution >= 0.6 is 11.7 Å². The Morgan fingerprint density at radius 2 is 2.25 bits per heavy atom. The van der Waals surface area contributed by atoms with Gasteiger partial charge in [0.15, 0.2) is 0 Å². The number of carbonyl (C=O) groups excluding carboxylic acids is 1. The maximum absolute atomic E-state index is 12.4. The van der Waals surface area contributed by atoms with Gasteiger partial charge >= 0.3 is 0 Å². The van der Waals surface area contributed by atoms with E-state index in [1.165, 1.54) is 0 Å². The van der Waals surface area contributed by atoms with Crippen molar-refractivity contribution in [1.82, 2.24) is 18.5 Å². The van der Waals surface area contributed by atoms with Gasteiger partial charge in [0, 0.05) is 6.54 Å². The lowest BCUT2D eigenvalue weighted by molar-refractivity contribution is 0.101. The Labute approximate surface area is 119 Å². The molecule has 0 fully saturated rings. The largest absolute Gasteiger partial charge is 0.319 e. The third kappa shape index (κ3) is 2.16. The average Bonchev–Trinajstić information content (AvgIpc) is 3.05. The predicted molar refractivity (Wildman–Crippen MR) is 78.0 cm³/mol. The maximum Gasteiger partial charge on any atom is 0.274 e. The van der Waals surface area contributed by atoms with Gasteiger partial charge in [-0.05, 0) is 32.0 Å². The van der Waals surface area contributed by atoms with Crippen LogP contribution in [0.5, 0.6) is 0 Å². The van der Waals surface area contributed by atoms with Crippen LogP contribution in [-0.4, -0.2) is 24.4 Å². The van der Waals surface area contributed by atoms with Crippen molar-refractivity contribution in [1.29, 1.82) is 0 Å². The molecule has 6 nitrogen and oxygen atoms in total. The highest BCUT2D eigenvalue weighted by Crippen LogP contribution is 2.21. The minimum absolute atomic E-state index is 0.187. The van der Waals surface area contributed by atoms with Crippen LogP contribution in [0.15, 0.2) is 24.3 Å². The number of nitrogens with zero attached hydrogens (tertiary/aromatic N) is 4. The summed E-state index contributed by atoms with van der Waals surface area (Å²) in [5.74, 6) is -0.187. The smallest absolute Gasteiger partial charge is 0.274 e. The SMILES string of the molecule is CCn1nc(C)cc1C(=O)Nc1cccc2nsnc12. The van der Waals surface area contributed by atoms with Gasteiger partial charge in [-0.25, -0.2) is 0 Å². The van der Waals surface area contributed by atoms with Crippen molar-refractivity contribution in [3.05, 3.63) is 35.7 Å². The molecule has 0 saturated carbocycles. The molecule has 2 aromatic heterocycles. The summed E-state index contributed by atoms with van der Waals surface area (Å²) >= 11 is 1.13. The second-order valence-corrected chi connectivity index (χ2v) is 4.91. The average molecular weight is 287 g/mol. The van der Waals surface area contributed by atoms with Crippen LogP contribution in [0, 0.1) is 6.92 Å². The number of amides is 1. The third-order valence-corrected chi connectivity index (χ3v) is 3.51. The molecule has 20 heavy (non-hydrogen) atoms. The number of nitrogens with one attached hydrogen (secondary N) is 1. The second kappa shape index (κ2) is 5.01. The summed E-state index contributed by atoms with van der Waals surface area (Å²) in [7, 11) is 0. The van der Waals surface area contributed by atoms with E-state index in [1.807, 2.05) is 32.0 Å². The van der Waals surface area contributed by atoms with Crippen LogP contribution in [0.4, 0.5) is 5.69 Å². The van der Waals surface area contributed by atoms with Crippen LogP contribution in [0.25, 0.3) is 11.0 Å². The van der Waals surface area contributed by atoms with Crippen LogP contribution in [0.3, 0.4) is 0 Å². The zero-order chi connectivity index (χ0) is 14.1. The van der Waals surface area contributed by atoms with Gasteiger partial charge in [0.05, 0.1) is 23.1 Å². The Hall–Kier alpha value is -2.28. The van der Waals surface area contributed by atoms with Crippen LogP contribution in [-0.2, 0) is 6.54 Å². The van der Waals surface area contributed by atoms with Crippen LogP contribution in [0.1, 0.15) is 23.1 Å². The zero-order valence-corrected chi connectivity index (χ0v) is 11.9. The van der Waals surface area contributed by atoms with Crippen molar-refractivity contribution < 1.29 is 4.79 Å². The van der Waals surface area contributed by atoms with E-state index >= 15 is 0 Å². The van der Waals surface area contributed by atoms with Crippen molar-refractivity contribution in [3.63, 3.8) is 0 Å². The highest BCUT2D eigenvalue weighted by molar-refractivity contribution is 7.00. The van der Waals surface area contributed by atoms with E-state index in [4.69, 9.17) is 0 Å². The highest BCUT2D eigenvalue weighted by Gasteiger charge is 2.15. The number of fused-ring (bicyclic) bond motifs is 1. The lowest BCUT2D eigenvalue weighted by Crippen LogP contribution is -2.17. The van der Waals surface area contributed by atoms with E-state index in [-0.39, 0.29) is 5.91 Å². The number of aryl methyl sites for hydroxylation is 2. The molecule has 0 unspecified atom stereocenters. The normalized spacial score (nSPS) is 10.9. The molecule has 1 aromatic carbocycles. The van der Waals surface area contributed by atoms with Gasteiger partial charge in [-0.3, -0.25) is 9.48 Å². The predicted octanol–water partition coefficient (Wildman–Crippen LogP) is 2.47. The lowest BCUT2D eigenvalue weighted by Gasteiger charge is -2.06. The number of benzene rings is 1. The molecule has 0 saturated heterocycles. The summed E-state index contributed by atoms with van der Waals surface area (Å²) in [5, 5.41) is 7.15. The maximum atomic E-state index is 12.4. The topological polar surface area (TPSA) is 72.7 Å². The second-order valence-electron chi connectivity index (χ2n) is 4.38. The number of hydrogen-bond acceptors (Lipinski definition) is 5. The van der Waals surface area contributed by atoms with Crippen molar-refractivity contribution in [2.75, 3.05) is 5.32 Å². The van der Waals surface area contributed by atoms with Gasteiger partial charge in [-0.15, -0.1) is 0 Å². The van der Waals surface area contributed by atoms with Crippen LogP contribution in [0.2, 0.25) is 0 Å². The molecule has 0 spiro atoms. The molecule has 102 valence electrons. The summed E-state index contributed by atoms with van der Waals surface area (Å²) < 4.78 is 10.1. The molecule has 0 aliphatic carbocycles. The monoisotopic (exact) mass is 287 g/mol. The first-order valence-corrected chi connectivity index (χ1v) is 6.99. The number of aromatic nitrogens is 4. The quantitative estimate of drug-likeness (QED) is 0.803. The fourth-order valence-corrected chi connectivity index (χ4v) is 2.61. The molecular formula is C13H13N5OS. The van der Waals surface area contributed by atoms with Gasteiger partial charge in [0.2, 0.25) is 0 Å². The van der Waals surface area contributed by atoms with Gasteiger partial charge < -0.3 is 5.32 Å². The molecule has 1 N–H and O–H groups in total. The molecule has 0 aliphatic rings. The van der Waals surface area contributed by atoms with Gasteiger partial charge in [0.1, 0.15) is 16.7 Å². The first-order valence-electron chi connectivity index (χ1n) is 6.26. The lowest BCUT2D eigenvalue weighted by atomic mass is 10.2. The van der Waals surface area contributed by atoms with E-state index < -0.39 is 0 Å². The highest BCUT2D eigenvalue weighted by atomic mass is 32.1. The van der Waals surface area contributed by atoms with E-state index in [0.29, 0.717) is 23.4 Å². The first kappa shape index (κ1) is 12.7. The molecule has 0 aliphatic heterocycles. The molecule has 0 atom stereocenters. The van der Waals surface area contributed by atoms with Crippen molar-refractivity contribution in [2.24, 2.45) is 0 Å². The fraction of sp³-hybridized carbons (Fsp3) is 0.231. The Morgan fingerprint density at radius 1 is 1.40 bits per heavy atom. The Morgan fingerprint density at radius 3 is 3.05 bits per heavy atom. The molecule has 3 aromatic rings. The molecule has 7 heteroatoms. The van der Waals surface area contributed by atoms with Gasteiger partial charge in [-0.1, -0.05) is 6.07 Å². The van der Waals surface area contributed by atoms with E-state index in [9.17, 15) is 4.79 Å². The Bertz CT molecular complexity index is 776. The minimum atomic E-state index is -0.187. The van der Waals surface area contributed by atoms with E-state index in [1.54, 1.807) is 10.7 Å². The van der Waals surface area contributed by atoms with Gasteiger partial charge in [-0.2, -0.15) is 13.8 Å². The zero-order valence-electron chi connectivity index (χ0n) is 11.1. The fourth-order valence-electron chi connectivity index (χ4n) is 2.06. The number of anilines is 1. The van der Waals surface area contributed by atoms with Gasteiger partial charge in [0.25, 0.3) is 5.91 Å². The molecule has 0 bridgehead atoms. The summed E-state index contributed by atoms with van der Waals surface area (Å²) in [6, 6.07) is 7.32. The number of carbonyl (C=O) groups is 1. The molecule has 3 rings (SSSR count). The summed E-state index contributed by atoms with van der Waals surface area (Å²) in [4.78, 5) is 12.4. The number of hydrogen-bond donors (Lipinski definition) is 1. The van der Waals surface area contributed by atoms with E-state index in [2.05, 4.69) is 19.2 Å². The third-order valence-electron chi connectivity index (χ3n) is 2.97. The summed E-state index contributed by atoms with van der Waals surface area (Å²) in [5.41, 5.74) is 3.54. The molecular weight excluding hydrogens is 274 g/mol. The summed E-state index contributed by atoms with van der Waals surface area (Å²) in [6.07, 6.45) is 0. The summed E-state index contributed by atoms with van der Waals surface area (Å²) in [6.45, 7) is 4.47. The van der Waals surface area contributed by atoms with Crippen molar-refractivity contribution in [2.45, 2.75) is 20.4 Å². The van der Waals surface area contributed by atoms with Crippen LogP contribution < -0.4 is 5.32 Å². The molecule has 2 heterocycles. The van der Waals surface area contributed by atoms with Crippen molar-refractivity contribution >= 4 is 34.4 Å².